The minimum atomic E-state index is -0.957. The maximum atomic E-state index is 15.5. The predicted octanol–water partition coefficient (Wildman–Crippen LogP) is 2.78. The van der Waals surface area contributed by atoms with Gasteiger partial charge in [-0.15, -0.1) is 5.10 Å². The quantitative estimate of drug-likeness (QED) is 0.148. The largest absolute Gasteiger partial charge is 0.497 e. The average Bonchev–Trinajstić information content (AvgIpc) is 3.24. The zero-order valence-electron chi connectivity index (χ0n) is 19.0. The summed E-state index contributed by atoms with van der Waals surface area (Å²) in [6, 6.07) is 15.4. The number of nitrogens with zero attached hydrogens (tertiary/aromatic N) is 2. The third-order valence-electron chi connectivity index (χ3n) is 5.39. The number of para-hydroxylation sites is 2. The third-order valence-corrected chi connectivity index (χ3v) is 5.39. The lowest BCUT2D eigenvalue weighted by atomic mass is 10.0. The zero-order valence-corrected chi connectivity index (χ0v) is 19.0. The molecule has 1 aromatic heterocycles. The summed E-state index contributed by atoms with van der Waals surface area (Å²) in [6.07, 6.45) is 0. The van der Waals surface area contributed by atoms with Crippen molar-refractivity contribution < 1.29 is 13.9 Å². The number of benzene rings is 3. The molecule has 0 fully saturated rings. The van der Waals surface area contributed by atoms with Crippen molar-refractivity contribution in [3.05, 3.63) is 93.9 Å². The average molecular weight is 478 g/mol. The molecule has 0 saturated carbocycles. The second-order valence-electron chi connectivity index (χ2n) is 7.59. The zero-order chi connectivity index (χ0) is 25.1. The Morgan fingerprint density at radius 3 is 2.49 bits per heavy atom. The highest BCUT2D eigenvalue weighted by molar-refractivity contribution is 5.95. The van der Waals surface area contributed by atoms with E-state index in [1.807, 2.05) is 0 Å². The maximum absolute atomic E-state index is 15.5. The van der Waals surface area contributed by atoms with Crippen molar-refractivity contribution in [1.82, 2.24) is 14.8 Å². The number of nitrogen functional groups attached to an aromatic ring is 2. The molecule has 0 bridgehead atoms. The van der Waals surface area contributed by atoms with Crippen LogP contribution < -0.4 is 31.9 Å². The molecule has 0 aliphatic carbocycles. The normalized spacial score (nSPS) is 11.6. The molecule has 0 aliphatic heterocycles. The lowest BCUT2D eigenvalue weighted by Crippen LogP contribution is -2.17. The molecule has 3 aromatic carbocycles. The molecule has 0 saturated heterocycles. The monoisotopic (exact) mass is 477 g/mol. The highest BCUT2D eigenvalue weighted by Gasteiger charge is 2.26. The number of aromatic amines is 1. The fourth-order valence-electron chi connectivity index (χ4n) is 3.59. The van der Waals surface area contributed by atoms with E-state index in [1.54, 1.807) is 48.5 Å². The number of H-pyrrole nitrogens is 1. The summed E-state index contributed by atoms with van der Waals surface area (Å²) in [4.78, 5) is 15.5. The lowest BCUT2D eigenvalue weighted by Gasteiger charge is -2.21. The minimum absolute atomic E-state index is 0.0350. The number of methoxy groups -OCH3 is 2. The van der Waals surface area contributed by atoms with Gasteiger partial charge in [0.1, 0.15) is 17.6 Å². The van der Waals surface area contributed by atoms with Gasteiger partial charge in [0, 0.05) is 22.9 Å². The molecule has 35 heavy (non-hydrogen) atoms. The van der Waals surface area contributed by atoms with E-state index in [0.717, 1.165) is 4.68 Å². The minimum Gasteiger partial charge on any atom is -0.497 e. The van der Waals surface area contributed by atoms with Crippen molar-refractivity contribution in [3.8, 4) is 17.2 Å². The SMILES string of the molecule is COc1cc(OC)c(F)c(C(Nc2ccc(C(=N)N)cc2)c2nn(-c3ccccc3N)c(=O)[nH]2)c1. The van der Waals surface area contributed by atoms with Gasteiger partial charge in [0.15, 0.2) is 17.4 Å². The van der Waals surface area contributed by atoms with Gasteiger partial charge in [0.05, 0.1) is 25.6 Å². The Labute approximate surface area is 199 Å². The van der Waals surface area contributed by atoms with Crippen LogP contribution in [0, 0.1) is 11.2 Å². The molecule has 10 nitrogen and oxygen atoms in total. The van der Waals surface area contributed by atoms with E-state index in [4.69, 9.17) is 26.4 Å². The van der Waals surface area contributed by atoms with Crippen LogP contribution in [0.3, 0.4) is 0 Å². The Hall–Kier alpha value is -4.80. The topological polar surface area (TPSA) is 157 Å². The van der Waals surface area contributed by atoms with Crippen molar-refractivity contribution in [2.24, 2.45) is 5.73 Å². The van der Waals surface area contributed by atoms with Gasteiger partial charge in [0.25, 0.3) is 0 Å². The van der Waals surface area contributed by atoms with E-state index in [1.165, 1.54) is 26.4 Å². The number of ether oxygens (including phenoxy) is 2. The molecule has 1 heterocycles. The van der Waals surface area contributed by atoms with E-state index < -0.39 is 17.5 Å². The van der Waals surface area contributed by atoms with Crippen LogP contribution in [0.25, 0.3) is 5.69 Å². The number of aromatic nitrogens is 3. The van der Waals surface area contributed by atoms with E-state index in [0.29, 0.717) is 28.4 Å². The van der Waals surface area contributed by atoms with Crippen LogP contribution in [-0.4, -0.2) is 34.8 Å². The Kier molecular flexibility index (Phi) is 6.40. The van der Waals surface area contributed by atoms with Crippen LogP contribution in [0.5, 0.6) is 11.5 Å². The summed E-state index contributed by atoms with van der Waals surface area (Å²) >= 11 is 0. The predicted molar refractivity (Wildman–Crippen MR) is 131 cm³/mol. The number of nitrogens with one attached hydrogen (secondary N) is 3. The first-order valence-electron chi connectivity index (χ1n) is 10.5. The molecule has 0 aliphatic rings. The highest BCUT2D eigenvalue weighted by atomic mass is 19.1. The van der Waals surface area contributed by atoms with E-state index in [2.05, 4.69) is 15.4 Å². The van der Waals surface area contributed by atoms with Gasteiger partial charge in [-0.05, 0) is 42.5 Å². The van der Waals surface area contributed by atoms with Crippen molar-refractivity contribution in [2.45, 2.75) is 6.04 Å². The summed E-state index contributed by atoms with van der Waals surface area (Å²) in [7, 11) is 2.80. The summed E-state index contributed by atoms with van der Waals surface area (Å²) < 4.78 is 27.1. The molecule has 0 amide bonds. The molecular weight excluding hydrogens is 453 g/mol. The van der Waals surface area contributed by atoms with Gasteiger partial charge in [-0.1, -0.05) is 12.1 Å². The van der Waals surface area contributed by atoms with E-state index in [9.17, 15) is 4.79 Å². The molecule has 180 valence electrons. The molecule has 1 unspecified atom stereocenters. The molecule has 0 radical (unpaired) electrons. The molecule has 4 rings (SSSR count). The van der Waals surface area contributed by atoms with Gasteiger partial charge in [-0.3, -0.25) is 10.4 Å². The van der Waals surface area contributed by atoms with Gasteiger partial charge in [-0.2, -0.15) is 4.68 Å². The van der Waals surface area contributed by atoms with Crippen LogP contribution in [0.4, 0.5) is 15.8 Å². The Bertz CT molecular complexity index is 1430. The number of halogens is 1. The standard InChI is InChI=1S/C24H24FN7O3/c1-34-15-11-16(20(25)19(12-15)35-2)21(29-14-9-7-13(8-10-14)22(27)28)23-30-24(33)32(31-23)18-6-4-3-5-17(18)26/h3-12,21,29H,26H2,1-2H3,(H3,27,28)(H,30,31,33). The van der Waals surface area contributed by atoms with Crippen LogP contribution in [0.15, 0.2) is 65.5 Å². The van der Waals surface area contributed by atoms with Crippen molar-refractivity contribution in [2.75, 3.05) is 25.3 Å². The molecule has 11 heteroatoms. The number of hydrogen-bond donors (Lipinski definition) is 5. The van der Waals surface area contributed by atoms with Gasteiger partial charge < -0.3 is 26.3 Å². The van der Waals surface area contributed by atoms with Crippen LogP contribution >= 0.6 is 0 Å². The van der Waals surface area contributed by atoms with Crippen molar-refractivity contribution in [1.29, 1.82) is 5.41 Å². The summed E-state index contributed by atoms with van der Waals surface area (Å²) in [5, 5.41) is 15.2. The van der Waals surface area contributed by atoms with Crippen molar-refractivity contribution in [3.63, 3.8) is 0 Å². The molecular formula is C24H24FN7O3. The lowest BCUT2D eigenvalue weighted by molar-refractivity contribution is 0.370. The second kappa shape index (κ2) is 9.59. The first-order chi connectivity index (χ1) is 16.8. The van der Waals surface area contributed by atoms with E-state index in [-0.39, 0.29) is 23.0 Å². The van der Waals surface area contributed by atoms with Crippen LogP contribution in [-0.2, 0) is 0 Å². The first kappa shape index (κ1) is 23.4. The number of rotatable bonds is 8. The smallest absolute Gasteiger partial charge is 0.348 e. The van der Waals surface area contributed by atoms with Crippen LogP contribution in [0.1, 0.15) is 23.0 Å². The highest BCUT2D eigenvalue weighted by Crippen LogP contribution is 2.34. The fraction of sp³-hybridized carbons (Fsp3) is 0.125. The Morgan fingerprint density at radius 1 is 1.14 bits per heavy atom. The second-order valence-corrected chi connectivity index (χ2v) is 7.59. The number of amidine groups is 1. The molecule has 0 spiro atoms. The maximum Gasteiger partial charge on any atom is 0.348 e. The summed E-state index contributed by atoms with van der Waals surface area (Å²) in [5.74, 6) is -0.290. The molecule has 1 atom stereocenters. The van der Waals surface area contributed by atoms with Gasteiger partial charge in [0.2, 0.25) is 0 Å². The molecule has 7 N–H and O–H groups in total. The number of nitrogens with two attached hydrogens (primary N) is 2. The van der Waals surface area contributed by atoms with E-state index >= 15 is 4.39 Å². The van der Waals surface area contributed by atoms with Gasteiger partial charge in [-0.25, -0.2) is 9.18 Å². The fourth-order valence-corrected chi connectivity index (χ4v) is 3.59. The first-order valence-corrected chi connectivity index (χ1v) is 10.5. The number of hydrogen-bond acceptors (Lipinski definition) is 7. The van der Waals surface area contributed by atoms with Crippen LogP contribution in [0.2, 0.25) is 0 Å². The molecule has 4 aromatic rings. The van der Waals surface area contributed by atoms with Gasteiger partial charge >= 0.3 is 5.69 Å². The Morgan fingerprint density at radius 2 is 1.86 bits per heavy atom. The number of anilines is 2. The summed E-state index contributed by atoms with van der Waals surface area (Å²) in [5.41, 5.74) is 13.0. The third kappa shape index (κ3) is 4.64. The van der Waals surface area contributed by atoms with Crippen molar-refractivity contribution >= 4 is 17.2 Å². The Balaban J connectivity index is 1.86. The summed E-state index contributed by atoms with van der Waals surface area (Å²) in [6.45, 7) is 0.